The van der Waals surface area contributed by atoms with Gasteiger partial charge in [-0.25, -0.2) is 4.98 Å². The number of nitrogens with two attached hydrogens (primary N) is 1. The van der Waals surface area contributed by atoms with E-state index in [1.54, 1.807) is 29.6 Å². The maximum Gasteiger partial charge on any atom is 0.257 e. The molecule has 2 rings (SSSR count). The summed E-state index contributed by atoms with van der Waals surface area (Å²) in [4.78, 5) is 27.1. The van der Waals surface area contributed by atoms with E-state index in [0.29, 0.717) is 28.9 Å². The van der Waals surface area contributed by atoms with E-state index in [9.17, 15) is 9.59 Å². The zero-order chi connectivity index (χ0) is 16.8. The van der Waals surface area contributed by atoms with Crippen molar-refractivity contribution in [1.82, 2.24) is 4.98 Å². The highest BCUT2D eigenvalue weighted by Gasteiger charge is 2.10. The molecule has 0 aliphatic rings. The predicted octanol–water partition coefficient (Wildman–Crippen LogP) is 2.46. The van der Waals surface area contributed by atoms with Gasteiger partial charge in [0.1, 0.15) is 5.75 Å². The summed E-state index contributed by atoms with van der Waals surface area (Å²) < 4.78 is 5.57. The molecule has 7 heteroatoms. The number of carbonyl (C=O) groups is 2. The number of nitrogens with one attached hydrogen (secondary N) is 1. The van der Waals surface area contributed by atoms with Gasteiger partial charge < -0.3 is 10.5 Å². The highest BCUT2D eigenvalue weighted by atomic mass is 32.1. The Hall–Kier alpha value is -2.41. The van der Waals surface area contributed by atoms with Crippen LogP contribution in [0.3, 0.4) is 0 Å². The van der Waals surface area contributed by atoms with Gasteiger partial charge in [-0.1, -0.05) is 13.8 Å². The van der Waals surface area contributed by atoms with Crippen molar-refractivity contribution < 1.29 is 14.3 Å². The third-order valence-corrected chi connectivity index (χ3v) is 3.63. The normalized spacial score (nSPS) is 10.6. The second-order valence-electron chi connectivity index (χ2n) is 5.47. The molecule has 0 unspecified atom stereocenters. The lowest BCUT2D eigenvalue weighted by Gasteiger charge is -2.09. The number of carbonyl (C=O) groups excluding carboxylic acids is 2. The summed E-state index contributed by atoms with van der Waals surface area (Å²) >= 11 is 1.25. The van der Waals surface area contributed by atoms with Crippen molar-refractivity contribution in [3.63, 3.8) is 0 Å². The third kappa shape index (κ3) is 5.37. The average Bonchev–Trinajstić information content (AvgIpc) is 2.91. The number of hydrogen-bond acceptors (Lipinski definition) is 5. The van der Waals surface area contributed by atoms with E-state index in [1.165, 1.54) is 11.3 Å². The van der Waals surface area contributed by atoms with Gasteiger partial charge in [-0.3, -0.25) is 14.9 Å². The predicted molar refractivity (Wildman–Crippen MR) is 89.7 cm³/mol. The summed E-state index contributed by atoms with van der Waals surface area (Å²) in [7, 11) is 0. The lowest BCUT2D eigenvalue weighted by Crippen LogP contribution is -2.14. The monoisotopic (exact) mass is 333 g/mol. The van der Waals surface area contributed by atoms with E-state index in [1.807, 2.05) is 0 Å². The summed E-state index contributed by atoms with van der Waals surface area (Å²) in [5.74, 6) is 0.455. The second-order valence-corrected chi connectivity index (χ2v) is 6.33. The van der Waals surface area contributed by atoms with E-state index < -0.39 is 5.91 Å². The molecule has 2 amide bonds. The van der Waals surface area contributed by atoms with Crippen molar-refractivity contribution in [3.05, 3.63) is 40.9 Å². The van der Waals surface area contributed by atoms with Crippen LogP contribution in [0.1, 0.15) is 29.9 Å². The molecular formula is C16H19N3O3S. The fourth-order valence-corrected chi connectivity index (χ4v) is 2.46. The molecule has 0 fully saturated rings. The Kier molecular flexibility index (Phi) is 5.70. The summed E-state index contributed by atoms with van der Waals surface area (Å²) in [6.07, 6.45) is 0.0637. The fraction of sp³-hybridized carbons (Fsp3) is 0.312. The van der Waals surface area contributed by atoms with Crippen LogP contribution in [0.5, 0.6) is 5.75 Å². The average molecular weight is 333 g/mol. The van der Waals surface area contributed by atoms with E-state index >= 15 is 0 Å². The number of thiazole rings is 1. The van der Waals surface area contributed by atoms with Gasteiger partial charge in [0.05, 0.1) is 18.7 Å². The number of primary amides is 1. The Morgan fingerprint density at radius 3 is 2.61 bits per heavy atom. The summed E-state index contributed by atoms with van der Waals surface area (Å²) in [5.41, 5.74) is 6.17. The quantitative estimate of drug-likeness (QED) is 0.814. The van der Waals surface area contributed by atoms with Crippen molar-refractivity contribution in [3.8, 4) is 5.75 Å². The molecule has 0 atom stereocenters. The number of benzene rings is 1. The van der Waals surface area contributed by atoms with Crippen LogP contribution in [0.4, 0.5) is 5.13 Å². The van der Waals surface area contributed by atoms with E-state index in [2.05, 4.69) is 24.1 Å². The van der Waals surface area contributed by atoms with Gasteiger partial charge in [0.25, 0.3) is 5.91 Å². The molecule has 0 aliphatic heterocycles. The van der Waals surface area contributed by atoms with Crippen LogP contribution in [-0.4, -0.2) is 23.4 Å². The van der Waals surface area contributed by atoms with Crippen molar-refractivity contribution in [2.24, 2.45) is 11.7 Å². The number of ether oxygens (including phenoxy) is 1. The van der Waals surface area contributed by atoms with Crippen LogP contribution in [0, 0.1) is 5.92 Å². The van der Waals surface area contributed by atoms with E-state index in [0.717, 1.165) is 5.75 Å². The highest BCUT2D eigenvalue weighted by Crippen LogP contribution is 2.18. The minimum absolute atomic E-state index is 0.0637. The van der Waals surface area contributed by atoms with Gasteiger partial charge in [0.2, 0.25) is 5.91 Å². The largest absolute Gasteiger partial charge is 0.493 e. The minimum atomic E-state index is -0.454. The number of hydrogen-bond donors (Lipinski definition) is 2. The van der Waals surface area contributed by atoms with E-state index in [-0.39, 0.29) is 12.3 Å². The maximum absolute atomic E-state index is 12.1. The SMILES string of the molecule is CC(C)COc1ccc(C(=O)Nc2nc(CC(N)=O)cs2)cc1. The first-order chi connectivity index (χ1) is 10.9. The van der Waals surface area contributed by atoms with Gasteiger partial charge >= 0.3 is 0 Å². The van der Waals surface area contributed by atoms with Crippen LogP contribution < -0.4 is 15.8 Å². The first kappa shape index (κ1) is 17.0. The van der Waals surface area contributed by atoms with Gasteiger partial charge in [-0.05, 0) is 30.2 Å². The van der Waals surface area contributed by atoms with Crippen LogP contribution in [-0.2, 0) is 11.2 Å². The fourth-order valence-electron chi connectivity index (χ4n) is 1.76. The molecule has 0 spiro atoms. The molecule has 3 N–H and O–H groups in total. The Morgan fingerprint density at radius 1 is 1.30 bits per heavy atom. The minimum Gasteiger partial charge on any atom is -0.493 e. The third-order valence-electron chi connectivity index (χ3n) is 2.83. The molecule has 1 aromatic heterocycles. The number of nitrogens with zero attached hydrogens (tertiary/aromatic N) is 1. The Morgan fingerprint density at radius 2 is 2.00 bits per heavy atom. The zero-order valence-corrected chi connectivity index (χ0v) is 13.9. The number of anilines is 1. The van der Waals surface area contributed by atoms with Crippen LogP contribution >= 0.6 is 11.3 Å². The molecule has 1 heterocycles. The number of aromatic nitrogens is 1. The molecule has 0 radical (unpaired) electrons. The molecule has 1 aromatic carbocycles. The molecule has 0 aliphatic carbocycles. The standard InChI is InChI=1S/C16H19N3O3S/c1-10(2)8-22-13-5-3-11(4-6-13)15(21)19-16-18-12(9-23-16)7-14(17)20/h3-6,9-10H,7-8H2,1-2H3,(H2,17,20)(H,18,19,21). The zero-order valence-electron chi connectivity index (χ0n) is 13.0. The summed E-state index contributed by atoms with van der Waals surface area (Å²) in [6, 6.07) is 6.92. The van der Waals surface area contributed by atoms with Crippen LogP contribution in [0.25, 0.3) is 0 Å². The van der Waals surface area contributed by atoms with Crippen LogP contribution in [0.15, 0.2) is 29.6 Å². The molecular weight excluding hydrogens is 314 g/mol. The first-order valence-corrected chi connectivity index (χ1v) is 8.09. The number of amides is 2. The number of rotatable bonds is 7. The van der Waals surface area contributed by atoms with Crippen molar-refractivity contribution in [2.45, 2.75) is 20.3 Å². The molecule has 2 aromatic rings. The molecule has 0 saturated carbocycles. The van der Waals surface area contributed by atoms with Gasteiger partial charge in [0.15, 0.2) is 5.13 Å². The molecule has 122 valence electrons. The van der Waals surface area contributed by atoms with Gasteiger partial charge in [-0.15, -0.1) is 11.3 Å². The summed E-state index contributed by atoms with van der Waals surface area (Å²) in [6.45, 7) is 4.78. The molecule has 6 nitrogen and oxygen atoms in total. The molecule has 23 heavy (non-hydrogen) atoms. The Labute approximate surface area is 138 Å². The molecule has 0 bridgehead atoms. The topological polar surface area (TPSA) is 94.3 Å². The lowest BCUT2D eigenvalue weighted by atomic mass is 10.2. The van der Waals surface area contributed by atoms with Crippen molar-refractivity contribution >= 4 is 28.3 Å². The van der Waals surface area contributed by atoms with Crippen molar-refractivity contribution in [1.29, 1.82) is 0 Å². The maximum atomic E-state index is 12.1. The van der Waals surface area contributed by atoms with Crippen LogP contribution in [0.2, 0.25) is 0 Å². The smallest absolute Gasteiger partial charge is 0.257 e. The Balaban J connectivity index is 1.95. The molecule has 0 saturated heterocycles. The first-order valence-electron chi connectivity index (χ1n) is 7.21. The summed E-state index contributed by atoms with van der Waals surface area (Å²) in [5, 5.41) is 4.83. The highest BCUT2D eigenvalue weighted by molar-refractivity contribution is 7.14. The Bertz CT molecular complexity index is 680. The van der Waals surface area contributed by atoms with Gasteiger partial charge in [0, 0.05) is 10.9 Å². The lowest BCUT2D eigenvalue weighted by molar-refractivity contribution is -0.117. The second kappa shape index (κ2) is 7.73. The van der Waals surface area contributed by atoms with Crippen molar-refractivity contribution in [2.75, 3.05) is 11.9 Å². The van der Waals surface area contributed by atoms with E-state index in [4.69, 9.17) is 10.5 Å². The van der Waals surface area contributed by atoms with Gasteiger partial charge in [-0.2, -0.15) is 0 Å².